The molecule has 2 fully saturated rings. The predicted molar refractivity (Wildman–Crippen MR) is 40.5 cm³/mol. The van der Waals surface area contributed by atoms with E-state index in [0.717, 1.165) is 16.2 Å². The van der Waals surface area contributed by atoms with Gasteiger partial charge in [-0.1, -0.05) is 0 Å². The van der Waals surface area contributed by atoms with Gasteiger partial charge in [0.1, 0.15) is 0 Å². The van der Waals surface area contributed by atoms with Crippen molar-refractivity contribution in [2.24, 2.45) is 11.8 Å². The van der Waals surface area contributed by atoms with Crippen molar-refractivity contribution >= 4 is 0 Å². The van der Waals surface area contributed by atoms with E-state index in [1.807, 2.05) is 0 Å². The molecular weight excluding hydrogens is 215 g/mol. The van der Waals surface area contributed by atoms with Gasteiger partial charge in [-0.2, -0.15) is 0 Å². The van der Waals surface area contributed by atoms with E-state index < -0.39 is 0 Å². The van der Waals surface area contributed by atoms with Crippen LogP contribution in [0.3, 0.4) is 0 Å². The summed E-state index contributed by atoms with van der Waals surface area (Å²) >= 11 is 3.44. The zero-order valence-corrected chi connectivity index (χ0v) is 7.85. The van der Waals surface area contributed by atoms with Gasteiger partial charge in [-0.15, -0.1) is 13.2 Å². The van der Waals surface area contributed by atoms with Crippen molar-refractivity contribution in [3.63, 3.8) is 0 Å². The summed E-state index contributed by atoms with van der Waals surface area (Å²) in [7, 11) is 0. The Balaban J connectivity index is 0.000000231. The van der Waals surface area contributed by atoms with E-state index >= 15 is 0 Å². The molecule has 0 aromatic carbocycles. The Kier molecular flexibility index (Phi) is 3.14. The van der Waals surface area contributed by atoms with Gasteiger partial charge < -0.3 is 0 Å². The molecule has 3 unspecified atom stereocenters. The molecule has 3 atom stereocenters. The second-order valence-corrected chi connectivity index (χ2v) is 4.30. The van der Waals surface area contributed by atoms with Crippen LogP contribution in [0.15, 0.2) is 13.2 Å². The molecule has 1 heteroatoms. The fourth-order valence-electron chi connectivity index (χ4n) is 2.13. The molecule has 0 heterocycles. The molecule has 0 saturated heterocycles. The third kappa shape index (κ3) is 1.52. The minimum atomic E-state index is 0.928. The number of rotatable bonds is 0. The molecule has 0 aromatic rings. The van der Waals surface area contributed by atoms with Crippen LogP contribution in [-0.4, -0.2) is 0 Å². The second-order valence-electron chi connectivity index (χ2n) is 3.15. The van der Waals surface area contributed by atoms with Crippen molar-refractivity contribution in [3.8, 4) is 0 Å². The molecule has 0 N–H and O–H groups in total. The first-order valence-electron chi connectivity index (χ1n) is 3.97. The van der Waals surface area contributed by atoms with Crippen LogP contribution in [-0.2, 0) is 19.2 Å². The van der Waals surface area contributed by atoms with E-state index in [4.69, 9.17) is 0 Å². The Bertz CT molecular complexity index is 109. The van der Waals surface area contributed by atoms with Gasteiger partial charge in [0.05, 0.1) is 0 Å². The van der Waals surface area contributed by atoms with E-state index in [1.54, 1.807) is 0 Å². The standard InChI is InChI=1S/C7H11.C2H4.Pd/c1-2-7-4-3-6(1)5-7;1-2;/h1,6-7H,2-5H2;1-2H2;. The van der Waals surface area contributed by atoms with Gasteiger partial charge in [0.15, 0.2) is 0 Å². The van der Waals surface area contributed by atoms with Gasteiger partial charge in [-0.05, 0) is 0 Å². The Morgan fingerprint density at radius 3 is 2.00 bits per heavy atom. The van der Waals surface area contributed by atoms with Crippen molar-refractivity contribution in [2.75, 3.05) is 0 Å². The predicted octanol–water partition coefficient (Wildman–Crippen LogP) is 2.94. The third-order valence-corrected chi connectivity index (χ3v) is 3.71. The van der Waals surface area contributed by atoms with Crippen molar-refractivity contribution in [1.82, 2.24) is 0 Å². The molecule has 0 radical (unpaired) electrons. The SMILES string of the molecule is C=C.[Pd][CH]1CC2CCC1C2. The van der Waals surface area contributed by atoms with E-state index in [0.29, 0.717) is 0 Å². The van der Waals surface area contributed by atoms with Crippen LogP contribution >= 0.6 is 0 Å². The molecule has 2 saturated carbocycles. The molecule has 0 aliphatic heterocycles. The summed E-state index contributed by atoms with van der Waals surface area (Å²) in [5.41, 5.74) is 0. The average molecular weight is 230 g/mol. The molecular formula is C9H15Pd. The second kappa shape index (κ2) is 3.70. The van der Waals surface area contributed by atoms with Gasteiger partial charge in [-0.25, -0.2) is 0 Å². The van der Waals surface area contributed by atoms with Crippen molar-refractivity contribution in [2.45, 2.75) is 30.1 Å². The van der Waals surface area contributed by atoms with Crippen LogP contribution in [0.25, 0.3) is 0 Å². The molecule has 2 aliphatic rings. The van der Waals surface area contributed by atoms with Gasteiger partial charge in [0.25, 0.3) is 0 Å². The first-order valence-corrected chi connectivity index (χ1v) is 4.86. The topological polar surface area (TPSA) is 0 Å². The molecule has 2 bridgehead atoms. The molecule has 0 spiro atoms. The first-order chi connectivity index (χ1) is 4.86. The van der Waals surface area contributed by atoms with E-state index in [9.17, 15) is 0 Å². The summed E-state index contributed by atoms with van der Waals surface area (Å²) in [6, 6.07) is 0. The van der Waals surface area contributed by atoms with Crippen LogP contribution in [0, 0.1) is 11.8 Å². The third-order valence-electron chi connectivity index (χ3n) is 2.61. The average Bonchev–Trinajstić information content (AvgIpc) is 2.52. The summed E-state index contributed by atoms with van der Waals surface area (Å²) in [6.45, 7) is 6.00. The van der Waals surface area contributed by atoms with Crippen LogP contribution in [0.2, 0.25) is 4.39 Å². The van der Waals surface area contributed by atoms with Crippen molar-refractivity contribution in [3.05, 3.63) is 13.2 Å². The Labute approximate surface area is 74.5 Å². The number of hydrogen-bond donors (Lipinski definition) is 0. The summed E-state index contributed by atoms with van der Waals surface area (Å²) in [6.07, 6.45) is 6.05. The van der Waals surface area contributed by atoms with E-state index in [2.05, 4.69) is 32.4 Å². The van der Waals surface area contributed by atoms with Crippen LogP contribution in [0.4, 0.5) is 0 Å². The van der Waals surface area contributed by atoms with Crippen LogP contribution < -0.4 is 0 Å². The fraction of sp³-hybridized carbons (Fsp3) is 0.778. The van der Waals surface area contributed by atoms with Gasteiger partial charge in [0, 0.05) is 0 Å². The van der Waals surface area contributed by atoms with Gasteiger partial charge in [0.2, 0.25) is 0 Å². The normalized spacial score (nSPS) is 42.8. The Morgan fingerprint density at radius 2 is 1.80 bits per heavy atom. The van der Waals surface area contributed by atoms with Gasteiger partial charge >= 0.3 is 61.1 Å². The molecule has 2 rings (SSSR count). The van der Waals surface area contributed by atoms with E-state index in [1.165, 1.54) is 25.7 Å². The summed E-state index contributed by atoms with van der Waals surface area (Å²) in [5.74, 6) is 2.18. The monoisotopic (exact) mass is 229 g/mol. The Morgan fingerprint density at radius 1 is 1.10 bits per heavy atom. The fourth-order valence-corrected chi connectivity index (χ4v) is 3.12. The zero-order valence-electron chi connectivity index (χ0n) is 6.29. The molecule has 0 aromatic heterocycles. The molecule has 0 nitrogen and oxygen atoms in total. The quantitative estimate of drug-likeness (QED) is 0.443. The maximum atomic E-state index is 3.44. The van der Waals surface area contributed by atoms with Crippen molar-refractivity contribution < 1.29 is 19.2 Å². The molecule has 0 amide bonds. The van der Waals surface area contributed by atoms with E-state index in [-0.39, 0.29) is 0 Å². The number of hydrogen-bond acceptors (Lipinski definition) is 0. The first kappa shape index (κ1) is 8.50. The summed E-state index contributed by atoms with van der Waals surface area (Å²) < 4.78 is 0.928. The molecule has 61 valence electrons. The minimum absolute atomic E-state index is 0.928. The molecule has 10 heavy (non-hydrogen) atoms. The summed E-state index contributed by atoms with van der Waals surface area (Å²) in [5, 5.41) is 0. The van der Waals surface area contributed by atoms with Crippen molar-refractivity contribution in [1.29, 1.82) is 0 Å². The molecule has 2 aliphatic carbocycles. The van der Waals surface area contributed by atoms with Crippen LogP contribution in [0.5, 0.6) is 0 Å². The Hall–Kier alpha value is 0.402. The van der Waals surface area contributed by atoms with Gasteiger partial charge in [-0.3, -0.25) is 0 Å². The maximum absolute atomic E-state index is 3.44. The number of fused-ring (bicyclic) bond motifs is 2. The zero-order chi connectivity index (χ0) is 7.56. The van der Waals surface area contributed by atoms with Crippen LogP contribution in [0.1, 0.15) is 25.7 Å². The summed E-state index contributed by atoms with van der Waals surface area (Å²) in [4.78, 5) is 0.